The molecule has 0 aliphatic rings. The normalized spacial score (nSPS) is 10.8. The third-order valence-electron chi connectivity index (χ3n) is 5.09. The lowest BCUT2D eigenvalue weighted by Crippen LogP contribution is -2.34. The molecule has 0 unspecified atom stereocenters. The highest BCUT2D eigenvalue weighted by Gasteiger charge is 2.12. The standard InChI is InChI=1S/C24H23N5OS/c1-4-17-7-9-18(10-8-17)23(30)26-24(31)25-20-14-22-21(13-16(20)3)27-29(28-22)19-11-5-15(2)6-12-19/h5-14H,4H2,1-3H3,(H2,25,26,30,31). The molecule has 0 aliphatic carbocycles. The first-order valence-electron chi connectivity index (χ1n) is 10.1. The molecule has 6 nitrogen and oxygen atoms in total. The van der Waals surface area contributed by atoms with Crippen LogP contribution < -0.4 is 10.6 Å². The summed E-state index contributed by atoms with van der Waals surface area (Å²) in [5, 5.41) is 15.2. The Bertz CT molecular complexity index is 1260. The number of hydrogen-bond donors (Lipinski definition) is 2. The Kier molecular flexibility index (Phi) is 5.77. The largest absolute Gasteiger partial charge is 0.332 e. The summed E-state index contributed by atoms with van der Waals surface area (Å²) < 4.78 is 0. The van der Waals surface area contributed by atoms with Crippen molar-refractivity contribution in [2.24, 2.45) is 0 Å². The Balaban J connectivity index is 1.50. The van der Waals surface area contributed by atoms with Gasteiger partial charge >= 0.3 is 0 Å². The van der Waals surface area contributed by atoms with Gasteiger partial charge in [-0.05, 0) is 80.0 Å². The number of hydrogen-bond acceptors (Lipinski definition) is 4. The molecule has 0 atom stereocenters. The van der Waals surface area contributed by atoms with Gasteiger partial charge < -0.3 is 5.32 Å². The number of aryl methyl sites for hydroxylation is 3. The van der Waals surface area contributed by atoms with Gasteiger partial charge in [0.15, 0.2) is 5.11 Å². The van der Waals surface area contributed by atoms with Gasteiger partial charge in [-0.3, -0.25) is 10.1 Å². The molecule has 0 radical (unpaired) electrons. The van der Waals surface area contributed by atoms with Crippen molar-refractivity contribution in [3.05, 3.63) is 82.9 Å². The van der Waals surface area contributed by atoms with E-state index in [2.05, 4.69) is 27.8 Å². The summed E-state index contributed by atoms with van der Waals surface area (Å²) in [6.07, 6.45) is 0.929. The number of anilines is 1. The van der Waals surface area contributed by atoms with Crippen molar-refractivity contribution in [2.45, 2.75) is 27.2 Å². The first-order chi connectivity index (χ1) is 14.9. The smallest absolute Gasteiger partial charge is 0.257 e. The zero-order chi connectivity index (χ0) is 22.0. The lowest BCUT2D eigenvalue weighted by atomic mass is 10.1. The minimum atomic E-state index is -0.246. The van der Waals surface area contributed by atoms with Crippen molar-refractivity contribution < 1.29 is 4.79 Å². The fourth-order valence-electron chi connectivity index (χ4n) is 3.22. The molecule has 4 aromatic rings. The summed E-state index contributed by atoms with van der Waals surface area (Å²) in [7, 11) is 0. The van der Waals surface area contributed by atoms with Crippen LogP contribution in [0.5, 0.6) is 0 Å². The number of benzene rings is 3. The summed E-state index contributed by atoms with van der Waals surface area (Å²) >= 11 is 5.35. The Labute approximate surface area is 186 Å². The van der Waals surface area contributed by atoms with Gasteiger partial charge in [0.05, 0.1) is 5.69 Å². The van der Waals surface area contributed by atoms with E-state index in [0.717, 1.165) is 34.4 Å². The maximum atomic E-state index is 12.5. The molecular weight excluding hydrogens is 406 g/mol. The van der Waals surface area contributed by atoms with Crippen LogP contribution in [0.15, 0.2) is 60.7 Å². The average Bonchev–Trinajstić information content (AvgIpc) is 3.17. The zero-order valence-corrected chi connectivity index (χ0v) is 18.5. The Morgan fingerprint density at radius 1 is 0.968 bits per heavy atom. The van der Waals surface area contributed by atoms with E-state index >= 15 is 0 Å². The van der Waals surface area contributed by atoms with Crippen molar-refractivity contribution in [1.29, 1.82) is 0 Å². The topological polar surface area (TPSA) is 71.8 Å². The number of thiocarbonyl (C=S) groups is 1. The number of carbonyl (C=O) groups excluding carboxylic acids is 1. The molecule has 1 heterocycles. The van der Waals surface area contributed by atoms with Crippen LogP contribution in [0.4, 0.5) is 5.69 Å². The first-order valence-corrected chi connectivity index (χ1v) is 10.5. The highest BCUT2D eigenvalue weighted by molar-refractivity contribution is 7.80. The van der Waals surface area contributed by atoms with Crippen LogP contribution in [0.2, 0.25) is 0 Å². The minimum absolute atomic E-state index is 0.234. The van der Waals surface area contributed by atoms with Crippen molar-refractivity contribution >= 4 is 40.0 Å². The van der Waals surface area contributed by atoms with Gasteiger partial charge in [0.1, 0.15) is 11.0 Å². The summed E-state index contributed by atoms with van der Waals surface area (Å²) in [6.45, 7) is 6.08. The van der Waals surface area contributed by atoms with Gasteiger partial charge in [0.25, 0.3) is 5.91 Å². The zero-order valence-electron chi connectivity index (χ0n) is 17.6. The molecule has 1 amide bonds. The van der Waals surface area contributed by atoms with Crippen LogP contribution in [-0.4, -0.2) is 26.0 Å². The lowest BCUT2D eigenvalue weighted by molar-refractivity contribution is 0.0977. The van der Waals surface area contributed by atoms with E-state index < -0.39 is 0 Å². The van der Waals surface area contributed by atoms with E-state index in [1.807, 2.05) is 62.4 Å². The van der Waals surface area contributed by atoms with Crippen LogP contribution in [-0.2, 0) is 6.42 Å². The van der Waals surface area contributed by atoms with Gasteiger partial charge in [-0.25, -0.2) is 0 Å². The third-order valence-corrected chi connectivity index (χ3v) is 5.30. The summed E-state index contributed by atoms with van der Waals surface area (Å²) in [5.74, 6) is -0.246. The van der Waals surface area contributed by atoms with E-state index in [4.69, 9.17) is 12.2 Å². The molecule has 0 saturated heterocycles. The second-order valence-corrected chi connectivity index (χ2v) is 7.85. The van der Waals surface area contributed by atoms with E-state index in [0.29, 0.717) is 5.56 Å². The molecule has 1 aromatic heterocycles. The van der Waals surface area contributed by atoms with E-state index in [1.165, 1.54) is 11.1 Å². The quantitative estimate of drug-likeness (QED) is 0.459. The molecular formula is C24H23N5OS. The number of carbonyl (C=O) groups is 1. The molecule has 0 fully saturated rings. The number of fused-ring (bicyclic) bond motifs is 1. The van der Waals surface area contributed by atoms with Crippen LogP contribution in [0.1, 0.15) is 34.0 Å². The highest BCUT2D eigenvalue weighted by Crippen LogP contribution is 2.22. The van der Waals surface area contributed by atoms with Crippen LogP contribution in [0.3, 0.4) is 0 Å². The summed E-state index contributed by atoms with van der Waals surface area (Å²) in [6, 6.07) is 19.4. The number of nitrogens with one attached hydrogen (secondary N) is 2. The monoisotopic (exact) mass is 429 g/mol. The molecule has 31 heavy (non-hydrogen) atoms. The van der Waals surface area contributed by atoms with Crippen LogP contribution >= 0.6 is 12.2 Å². The van der Waals surface area contributed by atoms with E-state index in [9.17, 15) is 4.79 Å². The second-order valence-electron chi connectivity index (χ2n) is 7.44. The lowest BCUT2D eigenvalue weighted by Gasteiger charge is -2.12. The average molecular weight is 430 g/mol. The van der Waals surface area contributed by atoms with Gasteiger partial charge in [0.2, 0.25) is 0 Å². The van der Waals surface area contributed by atoms with Gasteiger partial charge in [0, 0.05) is 11.3 Å². The van der Waals surface area contributed by atoms with Gasteiger partial charge in [-0.15, -0.1) is 10.2 Å². The minimum Gasteiger partial charge on any atom is -0.332 e. The van der Waals surface area contributed by atoms with Gasteiger partial charge in [-0.2, -0.15) is 4.80 Å². The molecule has 4 rings (SSSR count). The van der Waals surface area contributed by atoms with Crippen molar-refractivity contribution in [2.75, 3.05) is 5.32 Å². The highest BCUT2D eigenvalue weighted by atomic mass is 32.1. The number of amides is 1. The van der Waals surface area contributed by atoms with Crippen LogP contribution in [0, 0.1) is 13.8 Å². The Morgan fingerprint density at radius 2 is 1.61 bits per heavy atom. The predicted octanol–water partition coefficient (Wildman–Crippen LogP) is 4.73. The number of rotatable bonds is 4. The Hall–Kier alpha value is -3.58. The van der Waals surface area contributed by atoms with Gasteiger partial charge in [-0.1, -0.05) is 36.8 Å². The van der Waals surface area contributed by atoms with Crippen LogP contribution in [0.25, 0.3) is 16.7 Å². The first kappa shape index (κ1) is 20.7. The molecule has 0 bridgehead atoms. The maximum absolute atomic E-state index is 12.5. The maximum Gasteiger partial charge on any atom is 0.257 e. The fraction of sp³-hybridized carbons (Fsp3) is 0.167. The van der Waals surface area contributed by atoms with E-state index in [1.54, 1.807) is 16.9 Å². The Morgan fingerprint density at radius 3 is 2.26 bits per heavy atom. The molecule has 0 spiro atoms. The SMILES string of the molecule is CCc1ccc(C(=O)NC(=S)Nc2cc3nn(-c4ccc(C)cc4)nc3cc2C)cc1. The van der Waals surface area contributed by atoms with Crippen molar-refractivity contribution in [1.82, 2.24) is 20.3 Å². The number of nitrogens with zero attached hydrogens (tertiary/aromatic N) is 3. The molecule has 2 N–H and O–H groups in total. The van der Waals surface area contributed by atoms with Crippen molar-refractivity contribution in [3.8, 4) is 5.69 Å². The summed E-state index contributed by atoms with van der Waals surface area (Å²) in [4.78, 5) is 14.1. The molecule has 156 valence electrons. The summed E-state index contributed by atoms with van der Waals surface area (Å²) in [5.41, 5.74) is 7.06. The molecule has 7 heteroatoms. The van der Waals surface area contributed by atoms with E-state index in [-0.39, 0.29) is 11.0 Å². The second kappa shape index (κ2) is 8.65. The molecule has 0 aliphatic heterocycles. The molecule has 0 saturated carbocycles. The third kappa shape index (κ3) is 4.62. The van der Waals surface area contributed by atoms with Crippen molar-refractivity contribution in [3.63, 3.8) is 0 Å². The fourth-order valence-corrected chi connectivity index (χ4v) is 3.42. The molecule has 3 aromatic carbocycles. The predicted molar refractivity (Wildman–Crippen MR) is 128 cm³/mol. The number of aromatic nitrogens is 3.